The maximum atomic E-state index is 11.7. The quantitative estimate of drug-likeness (QED) is 0.620. The molecule has 0 N–H and O–H groups in total. The maximum absolute atomic E-state index is 11.7. The zero-order valence-electron chi connectivity index (χ0n) is 9.92. The first-order valence-corrected chi connectivity index (χ1v) is 5.18. The predicted molar refractivity (Wildman–Crippen MR) is 56.1 cm³/mol. The average Bonchev–Trinajstić information content (AvgIpc) is 2.03. The number of hydrogen-bond acceptors (Lipinski definition) is 3. The van der Waals surface area contributed by atoms with Crippen LogP contribution in [0.5, 0.6) is 0 Å². The second kappa shape index (κ2) is 6.14. The molecule has 0 aliphatic rings. The van der Waals surface area contributed by atoms with E-state index in [4.69, 9.17) is 9.47 Å². The number of carbonyl (C=O) groups is 1. The van der Waals surface area contributed by atoms with Crippen LogP contribution in [0.4, 0.5) is 0 Å². The number of rotatable bonds is 6. The van der Waals surface area contributed by atoms with Crippen LogP contribution >= 0.6 is 0 Å². The summed E-state index contributed by atoms with van der Waals surface area (Å²) in [4.78, 5) is 11.7. The van der Waals surface area contributed by atoms with Gasteiger partial charge in [0.1, 0.15) is 5.78 Å². The lowest BCUT2D eigenvalue weighted by molar-refractivity contribution is -0.156. The lowest BCUT2D eigenvalue weighted by Gasteiger charge is -2.21. The highest BCUT2D eigenvalue weighted by molar-refractivity contribution is 5.83. The summed E-state index contributed by atoms with van der Waals surface area (Å²) in [5.41, 5.74) is -0.313. The third-order valence-electron chi connectivity index (χ3n) is 1.89. The Kier molecular flexibility index (Phi) is 5.96. The van der Waals surface area contributed by atoms with Crippen molar-refractivity contribution < 1.29 is 14.3 Å². The first-order valence-electron chi connectivity index (χ1n) is 5.18. The summed E-state index contributed by atoms with van der Waals surface area (Å²) in [5, 5.41) is 0. The number of hydrogen-bond donors (Lipinski definition) is 0. The van der Waals surface area contributed by atoms with Crippen molar-refractivity contribution in [1.29, 1.82) is 0 Å². The Labute approximate surface area is 86.8 Å². The minimum Gasteiger partial charge on any atom is -0.352 e. The average molecular weight is 202 g/mol. The van der Waals surface area contributed by atoms with Crippen LogP contribution in [0.25, 0.3) is 0 Å². The van der Waals surface area contributed by atoms with E-state index in [0.717, 1.165) is 0 Å². The van der Waals surface area contributed by atoms with Crippen molar-refractivity contribution in [2.45, 2.75) is 47.3 Å². The summed E-state index contributed by atoms with van der Waals surface area (Å²) in [7, 11) is 0. The molecule has 3 heteroatoms. The van der Waals surface area contributed by atoms with Crippen molar-refractivity contribution in [2.75, 3.05) is 13.2 Å². The molecule has 0 atom stereocenters. The molecule has 0 saturated carbocycles. The molecule has 0 fully saturated rings. The molecule has 0 aliphatic carbocycles. The molecule has 3 nitrogen and oxygen atoms in total. The van der Waals surface area contributed by atoms with Crippen molar-refractivity contribution in [3.8, 4) is 0 Å². The zero-order valence-corrected chi connectivity index (χ0v) is 9.92. The fourth-order valence-electron chi connectivity index (χ4n) is 0.995. The second-order valence-corrected chi connectivity index (χ2v) is 4.22. The molecule has 14 heavy (non-hydrogen) atoms. The summed E-state index contributed by atoms with van der Waals surface area (Å²) in [6, 6.07) is 0. The smallest absolute Gasteiger partial charge is 0.164 e. The minimum atomic E-state index is -0.378. The molecular weight excluding hydrogens is 180 g/mol. The Morgan fingerprint density at radius 2 is 1.57 bits per heavy atom. The van der Waals surface area contributed by atoms with Gasteiger partial charge in [0.15, 0.2) is 6.29 Å². The van der Waals surface area contributed by atoms with E-state index in [-0.39, 0.29) is 17.5 Å². The van der Waals surface area contributed by atoms with Crippen LogP contribution in [0.2, 0.25) is 0 Å². The molecule has 0 aliphatic heterocycles. The van der Waals surface area contributed by atoms with Crippen LogP contribution in [0.3, 0.4) is 0 Å². The number of Topliss-reactive ketones (excluding diaryl/α,β-unsaturated/α-hetero) is 1. The Balaban J connectivity index is 4.08. The van der Waals surface area contributed by atoms with Crippen LogP contribution in [-0.4, -0.2) is 25.3 Å². The van der Waals surface area contributed by atoms with Gasteiger partial charge in [0, 0.05) is 18.6 Å². The molecule has 0 spiro atoms. The monoisotopic (exact) mass is 202 g/mol. The van der Waals surface area contributed by atoms with Crippen molar-refractivity contribution in [2.24, 2.45) is 5.41 Å². The molecule has 0 amide bonds. The molecule has 0 heterocycles. The third kappa shape index (κ3) is 5.35. The summed E-state index contributed by atoms with van der Waals surface area (Å²) >= 11 is 0. The Morgan fingerprint density at radius 1 is 1.14 bits per heavy atom. The van der Waals surface area contributed by atoms with Crippen LogP contribution in [0.15, 0.2) is 0 Å². The molecule has 0 aromatic carbocycles. The van der Waals surface area contributed by atoms with E-state index in [1.54, 1.807) is 0 Å². The highest BCUT2D eigenvalue weighted by atomic mass is 16.7. The SMILES string of the molecule is CCOC(CC(=O)C(C)(C)C)OCC. The van der Waals surface area contributed by atoms with Crippen LogP contribution in [-0.2, 0) is 14.3 Å². The van der Waals surface area contributed by atoms with Crippen LogP contribution in [0, 0.1) is 5.41 Å². The standard InChI is InChI=1S/C11H22O3/c1-6-13-10(14-7-2)8-9(12)11(3,4)5/h10H,6-8H2,1-5H3. The summed E-state index contributed by atoms with van der Waals surface area (Å²) in [6.45, 7) is 10.7. The van der Waals surface area contributed by atoms with Crippen molar-refractivity contribution in [3.05, 3.63) is 0 Å². The van der Waals surface area contributed by atoms with Crippen molar-refractivity contribution in [1.82, 2.24) is 0 Å². The Morgan fingerprint density at radius 3 is 1.86 bits per heavy atom. The van der Waals surface area contributed by atoms with E-state index < -0.39 is 0 Å². The van der Waals surface area contributed by atoms with Gasteiger partial charge >= 0.3 is 0 Å². The van der Waals surface area contributed by atoms with E-state index in [0.29, 0.717) is 19.6 Å². The molecule has 84 valence electrons. The van der Waals surface area contributed by atoms with Gasteiger partial charge in [-0.3, -0.25) is 4.79 Å². The highest BCUT2D eigenvalue weighted by Crippen LogP contribution is 2.19. The summed E-state index contributed by atoms with van der Waals surface area (Å²) < 4.78 is 10.6. The van der Waals surface area contributed by atoms with Gasteiger partial charge in [-0.05, 0) is 13.8 Å². The largest absolute Gasteiger partial charge is 0.352 e. The molecule has 0 aromatic rings. The normalized spacial score (nSPS) is 12.1. The number of ether oxygens (including phenoxy) is 2. The maximum Gasteiger partial charge on any atom is 0.164 e. The van der Waals surface area contributed by atoms with E-state index in [1.807, 2.05) is 34.6 Å². The fourth-order valence-corrected chi connectivity index (χ4v) is 0.995. The van der Waals surface area contributed by atoms with Crippen LogP contribution in [0.1, 0.15) is 41.0 Å². The lowest BCUT2D eigenvalue weighted by atomic mass is 9.89. The Bertz CT molecular complexity index is 164. The molecular formula is C11H22O3. The summed E-state index contributed by atoms with van der Waals surface area (Å²) in [5.74, 6) is 0.171. The van der Waals surface area contributed by atoms with Gasteiger partial charge < -0.3 is 9.47 Å². The third-order valence-corrected chi connectivity index (χ3v) is 1.89. The van der Waals surface area contributed by atoms with Gasteiger partial charge in [0.25, 0.3) is 0 Å². The number of ketones is 1. The first kappa shape index (κ1) is 13.6. The van der Waals surface area contributed by atoms with Gasteiger partial charge in [-0.2, -0.15) is 0 Å². The Hall–Kier alpha value is -0.410. The second-order valence-electron chi connectivity index (χ2n) is 4.22. The van der Waals surface area contributed by atoms with E-state index in [1.165, 1.54) is 0 Å². The van der Waals surface area contributed by atoms with E-state index >= 15 is 0 Å². The lowest BCUT2D eigenvalue weighted by Crippen LogP contribution is -2.28. The van der Waals surface area contributed by atoms with Crippen molar-refractivity contribution >= 4 is 5.78 Å². The van der Waals surface area contributed by atoms with Gasteiger partial charge in [-0.1, -0.05) is 20.8 Å². The summed E-state index contributed by atoms with van der Waals surface area (Å²) in [6.07, 6.45) is -0.0396. The molecule has 0 bridgehead atoms. The molecule has 0 rings (SSSR count). The van der Waals surface area contributed by atoms with Crippen LogP contribution < -0.4 is 0 Å². The van der Waals surface area contributed by atoms with Gasteiger partial charge in [0.2, 0.25) is 0 Å². The molecule has 0 radical (unpaired) electrons. The molecule has 0 saturated heterocycles. The number of carbonyl (C=O) groups excluding carboxylic acids is 1. The fraction of sp³-hybridized carbons (Fsp3) is 0.909. The first-order chi connectivity index (χ1) is 6.41. The van der Waals surface area contributed by atoms with Gasteiger partial charge in [0.05, 0.1) is 6.42 Å². The molecule has 0 aromatic heterocycles. The topological polar surface area (TPSA) is 35.5 Å². The van der Waals surface area contributed by atoms with E-state index in [2.05, 4.69) is 0 Å². The highest BCUT2D eigenvalue weighted by Gasteiger charge is 2.24. The van der Waals surface area contributed by atoms with Gasteiger partial charge in [-0.25, -0.2) is 0 Å². The van der Waals surface area contributed by atoms with E-state index in [9.17, 15) is 4.79 Å². The van der Waals surface area contributed by atoms with Gasteiger partial charge in [-0.15, -0.1) is 0 Å². The minimum absolute atomic E-state index is 0.171. The van der Waals surface area contributed by atoms with Crippen molar-refractivity contribution in [3.63, 3.8) is 0 Å². The predicted octanol–water partition coefficient (Wildman–Crippen LogP) is 2.39. The zero-order chi connectivity index (χ0) is 11.2. The molecule has 0 unspecified atom stereocenters.